The number of carbonyl (C=O) groups is 1. The number of aromatic nitrogens is 2. The molecule has 25 heavy (non-hydrogen) atoms. The fourth-order valence-electron chi connectivity index (χ4n) is 2.50. The number of hydrogen-bond donors (Lipinski definition) is 1. The minimum absolute atomic E-state index is 0.0891. The van der Waals surface area contributed by atoms with Crippen LogP contribution in [0.5, 0.6) is 0 Å². The molecule has 6 nitrogen and oxygen atoms in total. The number of rotatable bonds is 3. The van der Waals surface area contributed by atoms with Crippen LogP contribution in [0, 0.1) is 6.92 Å². The Morgan fingerprint density at radius 3 is 2.68 bits per heavy atom. The van der Waals surface area contributed by atoms with Crippen LogP contribution in [0.1, 0.15) is 25.0 Å². The minimum Gasteiger partial charge on any atom is -0.367 e. The summed E-state index contributed by atoms with van der Waals surface area (Å²) in [6.45, 7) is 5.84. The van der Waals surface area contributed by atoms with Gasteiger partial charge in [-0.25, -0.2) is 4.98 Å². The van der Waals surface area contributed by atoms with Crippen LogP contribution in [0.25, 0.3) is 11.7 Å². The van der Waals surface area contributed by atoms with Crippen LogP contribution in [-0.4, -0.2) is 37.6 Å². The average Bonchev–Trinajstić information content (AvgIpc) is 2.79. The number of hydrogen-bond acceptors (Lipinski definition) is 6. The van der Waals surface area contributed by atoms with Crippen molar-refractivity contribution in [2.24, 2.45) is 0 Å². The number of amides is 1. The highest BCUT2D eigenvalue weighted by molar-refractivity contribution is 8.26. The zero-order valence-electron chi connectivity index (χ0n) is 14.4. The minimum atomic E-state index is -0.224. The van der Waals surface area contributed by atoms with Gasteiger partial charge in [0.25, 0.3) is 11.5 Å². The Morgan fingerprint density at radius 1 is 1.36 bits per heavy atom. The number of fused-ring (bicyclic) bond motifs is 1. The summed E-state index contributed by atoms with van der Waals surface area (Å²) < 4.78 is 1.97. The van der Waals surface area contributed by atoms with Gasteiger partial charge in [0.1, 0.15) is 15.8 Å². The van der Waals surface area contributed by atoms with Crippen molar-refractivity contribution in [2.45, 2.75) is 26.8 Å². The van der Waals surface area contributed by atoms with Gasteiger partial charge in [0.05, 0.1) is 10.5 Å². The molecule has 0 atom stereocenters. The van der Waals surface area contributed by atoms with Gasteiger partial charge in [-0.15, -0.1) is 0 Å². The molecular weight excluding hydrogens is 356 g/mol. The first kappa shape index (κ1) is 17.6. The third-order valence-corrected chi connectivity index (χ3v) is 5.26. The Labute approximate surface area is 154 Å². The van der Waals surface area contributed by atoms with Crippen LogP contribution in [-0.2, 0) is 4.79 Å². The number of thioether (sulfide) groups is 1. The van der Waals surface area contributed by atoms with E-state index in [9.17, 15) is 9.59 Å². The van der Waals surface area contributed by atoms with Gasteiger partial charge in [-0.05, 0) is 38.5 Å². The van der Waals surface area contributed by atoms with E-state index in [1.54, 1.807) is 25.4 Å². The zero-order valence-corrected chi connectivity index (χ0v) is 16.0. The molecule has 1 saturated heterocycles. The van der Waals surface area contributed by atoms with Crippen molar-refractivity contribution >= 4 is 51.7 Å². The molecule has 3 rings (SSSR count). The third kappa shape index (κ3) is 3.19. The van der Waals surface area contributed by atoms with E-state index in [1.807, 2.05) is 26.8 Å². The predicted octanol–water partition coefficient (Wildman–Crippen LogP) is 2.65. The molecule has 1 aliphatic heterocycles. The standard InChI is InChI=1S/C17H18N4O2S2/c1-9(2)18-13-11(8-12-16(23)20(4)17(24)25-12)15(22)21-7-5-6-10(3)14(21)19-13/h5-9,18H,1-4H3. The van der Waals surface area contributed by atoms with Crippen molar-refractivity contribution in [1.82, 2.24) is 14.3 Å². The first-order valence-electron chi connectivity index (χ1n) is 7.79. The summed E-state index contributed by atoms with van der Waals surface area (Å²) in [6.07, 6.45) is 3.26. The largest absolute Gasteiger partial charge is 0.367 e. The molecule has 2 aromatic heterocycles. The molecule has 0 spiro atoms. The smallest absolute Gasteiger partial charge is 0.267 e. The Morgan fingerprint density at radius 2 is 2.08 bits per heavy atom. The topological polar surface area (TPSA) is 66.7 Å². The quantitative estimate of drug-likeness (QED) is 0.658. The molecule has 0 radical (unpaired) electrons. The Hall–Kier alpha value is -2.19. The number of thiocarbonyl (C=S) groups is 1. The molecule has 0 bridgehead atoms. The zero-order chi connectivity index (χ0) is 18.3. The van der Waals surface area contributed by atoms with Gasteiger partial charge in [-0.2, -0.15) is 0 Å². The van der Waals surface area contributed by atoms with Crippen molar-refractivity contribution in [3.05, 3.63) is 44.7 Å². The summed E-state index contributed by atoms with van der Waals surface area (Å²) in [4.78, 5) is 31.7. The summed E-state index contributed by atoms with van der Waals surface area (Å²) >= 11 is 6.34. The highest BCUT2D eigenvalue weighted by Crippen LogP contribution is 2.32. The maximum Gasteiger partial charge on any atom is 0.267 e. The average molecular weight is 374 g/mol. The number of likely N-dealkylation sites (N-methyl/N-ethyl adjacent to an activating group) is 1. The number of carbonyl (C=O) groups excluding carboxylic acids is 1. The molecule has 1 N–H and O–H groups in total. The highest BCUT2D eigenvalue weighted by Gasteiger charge is 2.29. The normalized spacial score (nSPS) is 16.5. The number of pyridine rings is 1. The predicted molar refractivity (Wildman–Crippen MR) is 106 cm³/mol. The molecule has 130 valence electrons. The summed E-state index contributed by atoms with van der Waals surface area (Å²) in [7, 11) is 1.63. The molecule has 1 aliphatic rings. The first-order valence-corrected chi connectivity index (χ1v) is 9.02. The van der Waals surface area contributed by atoms with Crippen LogP contribution < -0.4 is 10.9 Å². The van der Waals surface area contributed by atoms with Crippen molar-refractivity contribution in [2.75, 3.05) is 12.4 Å². The van der Waals surface area contributed by atoms with Gasteiger partial charge in [-0.3, -0.25) is 18.9 Å². The molecule has 1 fully saturated rings. The summed E-state index contributed by atoms with van der Waals surface area (Å²) in [5.41, 5.74) is 1.62. The van der Waals surface area contributed by atoms with Crippen molar-refractivity contribution in [1.29, 1.82) is 0 Å². The maximum atomic E-state index is 13.0. The Bertz CT molecular complexity index is 979. The molecule has 2 aromatic rings. The van der Waals surface area contributed by atoms with E-state index >= 15 is 0 Å². The summed E-state index contributed by atoms with van der Waals surface area (Å²) in [6, 6.07) is 3.80. The lowest BCUT2D eigenvalue weighted by Crippen LogP contribution is -2.24. The molecule has 0 saturated carbocycles. The van der Waals surface area contributed by atoms with Crippen LogP contribution in [0.4, 0.5) is 5.82 Å². The lowest BCUT2D eigenvalue weighted by Gasteiger charge is -2.14. The fourth-order valence-corrected chi connectivity index (χ4v) is 3.66. The molecule has 8 heteroatoms. The summed E-state index contributed by atoms with van der Waals surface area (Å²) in [5.74, 6) is 0.259. The first-order chi connectivity index (χ1) is 11.8. The molecule has 0 aromatic carbocycles. The van der Waals surface area contributed by atoms with E-state index in [1.165, 1.54) is 21.1 Å². The Balaban J connectivity index is 2.26. The van der Waals surface area contributed by atoms with Crippen molar-refractivity contribution in [3.63, 3.8) is 0 Å². The monoisotopic (exact) mass is 374 g/mol. The number of nitrogens with zero attached hydrogens (tertiary/aromatic N) is 3. The van der Waals surface area contributed by atoms with Crippen LogP contribution in [0.2, 0.25) is 0 Å². The van der Waals surface area contributed by atoms with E-state index in [0.717, 1.165) is 5.56 Å². The second-order valence-electron chi connectivity index (χ2n) is 6.10. The lowest BCUT2D eigenvalue weighted by atomic mass is 10.2. The molecule has 0 unspecified atom stereocenters. The van der Waals surface area contributed by atoms with Crippen molar-refractivity contribution in [3.8, 4) is 0 Å². The van der Waals surface area contributed by atoms with Gasteiger partial charge in [-0.1, -0.05) is 30.0 Å². The van der Waals surface area contributed by atoms with Gasteiger partial charge < -0.3 is 5.32 Å². The van der Waals surface area contributed by atoms with Gasteiger partial charge >= 0.3 is 0 Å². The number of anilines is 1. The van der Waals surface area contributed by atoms with Crippen molar-refractivity contribution < 1.29 is 4.79 Å². The maximum absolute atomic E-state index is 13.0. The van der Waals surface area contributed by atoms with E-state index in [4.69, 9.17) is 12.2 Å². The molecule has 0 aliphatic carbocycles. The van der Waals surface area contributed by atoms with E-state index in [2.05, 4.69) is 10.3 Å². The van der Waals surface area contributed by atoms with Gasteiger partial charge in [0.15, 0.2) is 0 Å². The molecule has 1 amide bonds. The highest BCUT2D eigenvalue weighted by atomic mass is 32.2. The molecule has 3 heterocycles. The second kappa shape index (κ2) is 6.61. The van der Waals surface area contributed by atoms with E-state index in [0.29, 0.717) is 26.3 Å². The number of aryl methyl sites for hydroxylation is 1. The van der Waals surface area contributed by atoms with Gasteiger partial charge in [0, 0.05) is 19.3 Å². The van der Waals surface area contributed by atoms with Gasteiger partial charge in [0.2, 0.25) is 0 Å². The van der Waals surface area contributed by atoms with E-state index < -0.39 is 0 Å². The van der Waals surface area contributed by atoms with E-state index in [-0.39, 0.29) is 17.5 Å². The van der Waals surface area contributed by atoms with Crippen LogP contribution in [0.3, 0.4) is 0 Å². The second-order valence-corrected chi connectivity index (χ2v) is 7.78. The fraction of sp³-hybridized carbons (Fsp3) is 0.294. The molecular formula is C17H18N4O2S2. The summed E-state index contributed by atoms with van der Waals surface area (Å²) in [5, 5.41) is 3.21. The van der Waals surface area contributed by atoms with Crippen LogP contribution >= 0.6 is 24.0 Å². The SMILES string of the molecule is Cc1cccn2c(=O)c(C=C3SC(=S)N(C)C3=O)c(NC(C)C)nc12. The number of nitrogens with one attached hydrogen (secondary N) is 1. The lowest BCUT2D eigenvalue weighted by molar-refractivity contribution is -0.121. The Kier molecular flexibility index (Phi) is 4.66. The van der Waals surface area contributed by atoms with Crippen LogP contribution in [0.15, 0.2) is 28.0 Å². The third-order valence-electron chi connectivity index (χ3n) is 3.77.